The van der Waals surface area contributed by atoms with Gasteiger partial charge >= 0.3 is 5.97 Å². The number of carbonyl (C=O) groups is 1. The first-order chi connectivity index (χ1) is 9.33. The third-order valence-electron chi connectivity index (χ3n) is 1.83. The molecule has 0 atom stereocenters. The first-order valence-corrected chi connectivity index (χ1v) is 6.94. The fourth-order valence-corrected chi connectivity index (χ4v) is 1.89. The van der Waals surface area contributed by atoms with Crippen molar-refractivity contribution in [1.82, 2.24) is 10.9 Å². The Morgan fingerprint density at radius 3 is 2.75 bits per heavy atom. The third-order valence-corrected chi connectivity index (χ3v) is 2.71. The van der Waals surface area contributed by atoms with E-state index in [1.807, 2.05) is 5.38 Å². The summed E-state index contributed by atoms with van der Waals surface area (Å²) in [5.41, 5.74) is 1.69. The minimum absolute atomic E-state index is 0.0680. The summed E-state index contributed by atoms with van der Waals surface area (Å²) in [6.07, 6.45) is 0. The number of hydrogen-bond donors (Lipinski definition) is 2. The second kappa shape index (κ2) is 7.34. The Morgan fingerprint density at radius 1 is 1.55 bits per heavy atom. The molecule has 1 heterocycles. The van der Waals surface area contributed by atoms with Crippen LogP contribution in [0.25, 0.3) is 0 Å². The molecule has 0 amide bonds. The van der Waals surface area contributed by atoms with Crippen molar-refractivity contribution in [2.75, 3.05) is 6.61 Å². The highest BCUT2D eigenvalue weighted by Crippen LogP contribution is 2.11. The van der Waals surface area contributed by atoms with Crippen LogP contribution in [0, 0.1) is 0 Å². The van der Waals surface area contributed by atoms with Gasteiger partial charge in [-0.3, -0.25) is 5.21 Å². The molecule has 0 aliphatic heterocycles. The average molecular weight is 301 g/mol. The van der Waals surface area contributed by atoms with Gasteiger partial charge in [0, 0.05) is 0 Å². The highest BCUT2D eigenvalue weighted by atomic mass is 32.1. The Balaban J connectivity index is 2.78. The van der Waals surface area contributed by atoms with Crippen LogP contribution in [-0.4, -0.2) is 34.4 Å². The van der Waals surface area contributed by atoms with E-state index in [0.717, 1.165) is 0 Å². The molecule has 1 rings (SSSR count). The first-order valence-electron chi connectivity index (χ1n) is 6.06. The number of rotatable bonds is 6. The van der Waals surface area contributed by atoms with E-state index < -0.39 is 11.6 Å². The van der Waals surface area contributed by atoms with Gasteiger partial charge in [-0.2, -0.15) is 10.6 Å². The molecule has 7 nitrogen and oxygen atoms in total. The van der Waals surface area contributed by atoms with Gasteiger partial charge in [-0.05, 0) is 39.1 Å². The zero-order valence-electron chi connectivity index (χ0n) is 11.9. The number of nitrogens with one attached hydrogen (secondary N) is 1. The maximum absolute atomic E-state index is 11.8. The van der Waals surface area contributed by atoms with Gasteiger partial charge < -0.3 is 4.74 Å². The van der Waals surface area contributed by atoms with E-state index in [4.69, 9.17) is 9.57 Å². The molecule has 8 heteroatoms. The van der Waals surface area contributed by atoms with E-state index >= 15 is 0 Å². The van der Waals surface area contributed by atoms with Gasteiger partial charge in [-0.1, -0.05) is 6.07 Å². The van der Waals surface area contributed by atoms with Crippen molar-refractivity contribution < 1.29 is 19.6 Å². The molecule has 1 aromatic rings. The van der Waals surface area contributed by atoms with Gasteiger partial charge in [0.15, 0.2) is 5.71 Å². The van der Waals surface area contributed by atoms with Crippen molar-refractivity contribution in [3.05, 3.63) is 22.4 Å². The summed E-state index contributed by atoms with van der Waals surface area (Å²) < 4.78 is 4.92. The highest BCUT2D eigenvalue weighted by Gasteiger charge is 2.19. The Bertz CT molecular complexity index is 454. The van der Waals surface area contributed by atoms with Gasteiger partial charge in [0.1, 0.15) is 0 Å². The predicted octanol–water partition coefficient (Wildman–Crippen LogP) is 1.94. The van der Waals surface area contributed by atoms with Crippen molar-refractivity contribution in [3.8, 4) is 0 Å². The molecule has 0 saturated heterocycles. The molecule has 2 N–H and O–H groups in total. The van der Waals surface area contributed by atoms with Crippen LogP contribution in [0.1, 0.15) is 32.6 Å². The number of hydrazine groups is 1. The maximum Gasteiger partial charge on any atom is 0.360 e. The molecule has 0 aliphatic carbocycles. The second-order valence-electron chi connectivity index (χ2n) is 4.73. The lowest BCUT2D eigenvalue weighted by Crippen LogP contribution is -2.39. The Morgan fingerprint density at radius 2 is 2.25 bits per heavy atom. The summed E-state index contributed by atoms with van der Waals surface area (Å²) in [7, 11) is 0. The molecule has 0 fully saturated rings. The number of esters is 1. The van der Waals surface area contributed by atoms with Gasteiger partial charge in [-0.25, -0.2) is 9.63 Å². The number of hydrogen-bond acceptors (Lipinski definition) is 8. The van der Waals surface area contributed by atoms with Crippen molar-refractivity contribution in [2.45, 2.75) is 33.3 Å². The van der Waals surface area contributed by atoms with Crippen LogP contribution in [0.15, 0.2) is 22.6 Å². The molecule has 112 valence electrons. The fraction of sp³-hybridized carbons (Fsp3) is 0.500. The van der Waals surface area contributed by atoms with E-state index in [9.17, 15) is 10.0 Å². The summed E-state index contributed by atoms with van der Waals surface area (Å²) in [5, 5.41) is 15.5. The summed E-state index contributed by atoms with van der Waals surface area (Å²) in [6, 6.07) is 3.52. The largest absolute Gasteiger partial charge is 0.461 e. The molecule has 0 aromatic carbocycles. The zero-order chi connectivity index (χ0) is 15.2. The molecule has 20 heavy (non-hydrogen) atoms. The lowest BCUT2D eigenvalue weighted by molar-refractivity contribution is -0.406. The molecular weight excluding hydrogens is 282 g/mol. The lowest BCUT2D eigenvalue weighted by atomic mass is 10.2. The lowest BCUT2D eigenvalue weighted by Gasteiger charge is -2.23. The monoisotopic (exact) mass is 301 g/mol. The number of carbonyl (C=O) groups excluding carboxylic acids is 1. The van der Waals surface area contributed by atoms with Crippen LogP contribution in [0.5, 0.6) is 0 Å². The summed E-state index contributed by atoms with van der Waals surface area (Å²) in [4.78, 5) is 17.5. The SMILES string of the molecule is CCOC(=O)/C(=N\NN(O)OC(C)(C)C)c1cccs1. The van der Waals surface area contributed by atoms with Gasteiger partial charge in [0.2, 0.25) is 0 Å². The van der Waals surface area contributed by atoms with E-state index in [-0.39, 0.29) is 12.3 Å². The molecule has 0 saturated carbocycles. The van der Waals surface area contributed by atoms with E-state index in [1.54, 1.807) is 39.8 Å². The van der Waals surface area contributed by atoms with Gasteiger partial charge in [0.05, 0.1) is 22.4 Å². The van der Waals surface area contributed by atoms with Crippen LogP contribution in [0.2, 0.25) is 0 Å². The van der Waals surface area contributed by atoms with Crippen molar-refractivity contribution in [3.63, 3.8) is 0 Å². The number of nitrogens with zero attached hydrogens (tertiary/aromatic N) is 2. The van der Waals surface area contributed by atoms with Crippen LogP contribution >= 0.6 is 11.3 Å². The molecule has 0 spiro atoms. The van der Waals surface area contributed by atoms with Crippen LogP contribution in [-0.2, 0) is 14.4 Å². The van der Waals surface area contributed by atoms with Crippen LogP contribution in [0.4, 0.5) is 0 Å². The molecule has 0 unspecified atom stereocenters. The first kappa shape index (κ1) is 16.6. The molecule has 0 bridgehead atoms. The van der Waals surface area contributed by atoms with Crippen molar-refractivity contribution in [1.29, 1.82) is 0 Å². The smallest absolute Gasteiger partial charge is 0.360 e. The normalized spacial score (nSPS) is 12.6. The quantitative estimate of drug-likeness (QED) is 0.474. The number of hydrazone groups is 1. The molecule has 0 radical (unpaired) electrons. The van der Waals surface area contributed by atoms with Crippen LogP contribution in [0.3, 0.4) is 0 Å². The van der Waals surface area contributed by atoms with Crippen molar-refractivity contribution >= 4 is 23.0 Å². The Kier molecular flexibility index (Phi) is 6.08. The Hall–Kier alpha value is -1.48. The van der Waals surface area contributed by atoms with Crippen molar-refractivity contribution in [2.24, 2.45) is 5.10 Å². The summed E-state index contributed by atoms with van der Waals surface area (Å²) >= 11 is 1.34. The molecule has 0 aliphatic rings. The minimum Gasteiger partial charge on any atom is -0.461 e. The third kappa shape index (κ3) is 5.66. The number of ether oxygens (including phenoxy) is 1. The molecule has 1 aromatic heterocycles. The van der Waals surface area contributed by atoms with Gasteiger partial charge in [0.25, 0.3) is 0 Å². The predicted molar refractivity (Wildman–Crippen MR) is 75.1 cm³/mol. The highest BCUT2D eigenvalue weighted by molar-refractivity contribution is 7.13. The zero-order valence-corrected chi connectivity index (χ0v) is 12.7. The standard InChI is InChI=1S/C12H19N3O4S/c1-5-18-11(16)10(9-7-6-8-20-9)13-14-15(17)19-12(2,3)4/h6-8,14,17H,5H2,1-4H3/b13-10-. The second-order valence-corrected chi connectivity index (χ2v) is 5.68. The fourth-order valence-electron chi connectivity index (χ4n) is 1.19. The summed E-state index contributed by atoms with van der Waals surface area (Å²) in [6.45, 7) is 7.22. The number of thiophene rings is 1. The van der Waals surface area contributed by atoms with Crippen LogP contribution < -0.4 is 5.53 Å². The Labute approximate surface area is 121 Å². The maximum atomic E-state index is 11.8. The molecular formula is C12H19N3O4S. The van der Waals surface area contributed by atoms with E-state index in [2.05, 4.69) is 10.6 Å². The minimum atomic E-state index is -0.607. The average Bonchev–Trinajstić information content (AvgIpc) is 2.80. The van der Waals surface area contributed by atoms with Gasteiger partial charge in [-0.15, -0.1) is 11.3 Å². The summed E-state index contributed by atoms with van der Waals surface area (Å²) in [5.74, 6) is -0.577. The topological polar surface area (TPSA) is 83.4 Å². The van der Waals surface area contributed by atoms with E-state index in [0.29, 0.717) is 10.2 Å². The van der Waals surface area contributed by atoms with E-state index in [1.165, 1.54) is 11.3 Å².